The Hall–Kier alpha value is -2.82. The second-order valence-electron chi connectivity index (χ2n) is 9.45. The summed E-state index contributed by atoms with van der Waals surface area (Å²) in [6, 6.07) is 14.4. The lowest BCUT2D eigenvalue weighted by Crippen LogP contribution is -2.45. The molecule has 5 heteroatoms. The van der Waals surface area contributed by atoms with Crippen LogP contribution in [-0.4, -0.2) is 30.9 Å². The Labute approximate surface area is 179 Å². The summed E-state index contributed by atoms with van der Waals surface area (Å²) in [4.78, 5) is 29.8. The molecular weight excluding hydrogens is 374 g/mol. The first-order valence-electron chi connectivity index (χ1n) is 10.8. The van der Waals surface area contributed by atoms with Crippen LogP contribution in [0.5, 0.6) is 0 Å². The van der Waals surface area contributed by atoms with Crippen LogP contribution in [-0.2, 0) is 11.3 Å². The van der Waals surface area contributed by atoms with Crippen molar-refractivity contribution < 1.29 is 9.59 Å². The zero-order valence-electron chi connectivity index (χ0n) is 18.4. The molecule has 0 radical (unpaired) electrons. The van der Waals surface area contributed by atoms with E-state index in [1.807, 2.05) is 56.0 Å². The molecule has 2 amide bonds. The van der Waals surface area contributed by atoms with Gasteiger partial charge in [0, 0.05) is 36.7 Å². The van der Waals surface area contributed by atoms with Crippen LogP contribution in [0.25, 0.3) is 0 Å². The van der Waals surface area contributed by atoms with E-state index in [1.54, 1.807) is 0 Å². The fourth-order valence-electron chi connectivity index (χ4n) is 4.01. The van der Waals surface area contributed by atoms with E-state index in [0.717, 1.165) is 17.8 Å². The van der Waals surface area contributed by atoms with Gasteiger partial charge in [0.25, 0.3) is 5.91 Å². The number of anilines is 2. The van der Waals surface area contributed by atoms with Crippen molar-refractivity contribution in [2.45, 2.75) is 53.1 Å². The monoisotopic (exact) mass is 405 g/mol. The number of aryl methyl sites for hydroxylation is 1. The van der Waals surface area contributed by atoms with Crippen LogP contribution in [0.4, 0.5) is 11.4 Å². The van der Waals surface area contributed by atoms with Crippen molar-refractivity contribution in [3.05, 3.63) is 59.2 Å². The van der Waals surface area contributed by atoms with E-state index in [9.17, 15) is 9.59 Å². The number of hydrogen-bond acceptors (Lipinski definition) is 3. The Kier molecular flexibility index (Phi) is 5.31. The minimum atomic E-state index is -0.413. The number of carbonyl (C=O) groups excluding carboxylic acids is 2. The van der Waals surface area contributed by atoms with Crippen LogP contribution in [0.2, 0.25) is 0 Å². The number of nitrogens with one attached hydrogen (secondary N) is 1. The summed E-state index contributed by atoms with van der Waals surface area (Å²) < 4.78 is 0. The van der Waals surface area contributed by atoms with Gasteiger partial charge in [-0.2, -0.15) is 0 Å². The van der Waals surface area contributed by atoms with E-state index in [-0.39, 0.29) is 11.8 Å². The standard InChI is InChI=1S/C25H31N3O2/c1-17-6-5-7-21-22(17)27(20-12-13-20)14-15-28(21)23(29)19-10-8-18(9-11-19)16-26-24(30)25(2,3)4/h5-11,20H,12-16H2,1-4H3,(H,26,30). The molecule has 4 rings (SSSR count). The van der Waals surface area contributed by atoms with Crippen LogP contribution in [0.3, 0.4) is 0 Å². The molecule has 1 fully saturated rings. The molecule has 2 aromatic rings. The molecule has 0 aromatic heterocycles. The van der Waals surface area contributed by atoms with Gasteiger partial charge < -0.3 is 15.1 Å². The summed E-state index contributed by atoms with van der Waals surface area (Å²) >= 11 is 0. The van der Waals surface area contributed by atoms with Crippen molar-refractivity contribution in [1.82, 2.24) is 5.32 Å². The van der Waals surface area contributed by atoms with Gasteiger partial charge in [-0.15, -0.1) is 0 Å². The highest BCUT2D eigenvalue weighted by Crippen LogP contribution is 2.42. The number of rotatable bonds is 4. The zero-order valence-corrected chi connectivity index (χ0v) is 18.4. The second kappa shape index (κ2) is 7.78. The van der Waals surface area contributed by atoms with Crippen LogP contribution < -0.4 is 15.1 Å². The molecule has 2 aromatic carbocycles. The molecule has 1 N–H and O–H groups in total. The summed E-state index contributed by atoms with van der Waals surface area (Å²) in [5, 5.41) is 2.95. The topological polar surface area (TPSA) is 52.6 Å². The minimum absolute atomic E-state index is 0.0168. The lowest BCUT2D eigenvalue weighted by atomic mass is 9.95. The van der Waals surface area contributed by atoms with Crippen LogP contribution >= 0.6 is 0 Å². The Morgan fingerprint density at radius 2 is 1.73 bits per heavy atom. The van der Waals surface area contributed by atoms with Gasteiger partial charge in [0.15, 0.2) is 0 Å². The third-order valence-corrected chi connectivity index (χ3v) is 5.93. The van der Waals surface area contributed by atoms with Crippen molar-refractivity contribution in [2.75, 3.05) is 22.9 Å². The van der Waals surface area contributed by atoms with Gasteiger partial charge in [0.2, 0.25) is 5.91 Å². The van der Waals surface area contributed by atoms with E-state index in [0.29, 0.717) is 24.7 Å². The first kappa shape index (κ1) is 20.5. The molecule has 0 atom stereocenters. The van der Waals surface area contributed by atoms with E-state index >= 15 is 0 Å². The Morgan fingerprint density at radius 1 is 1.03 bits per heavy atom. The van der Waals surface area contributed by atoms with Crippen molar-refractivity contribution in [1.29, 1.82) is 0 Å². The third kappa shape index (κ3) is 4.07. The molecule has 1 aliphatic heterocycles. The van der Waals surface area contributed by atoms with Gasteiger partial charge in [0.05, 0.1) is 11.4 Å². The first-order chi connectivity index (χ1) is 14.3. The zero-order chi connectivity index (χ0) is 21.5. The highest BCUT2D eigenvalue weighted by atomic mass is 16.2. The molecule has 1 saturated carbocycles. The smallest absolute Gasteiger partial charge is 0.258 e. The summed E-state index contributed by atoms with van der Waals surface area (Å²) in [7, 11) is 0. The van der Waals surface area contributed by atoms with Crippen LogP contribution in [0.15, 0.2) is 42.5 Å². The molecule has 0 saturated heterocycles. The molecule has 30 heavy (non-hydrogen) atoms. The minimum Gasteiger partial charge on any atom is -0.365 e. The fraction of sp³-hybridized carbons (Fsp3) is 0.440. The van der Waals surface area contributed by atoms with Crippen LogP contribution in [0.1, 0.15) is 55.1 Å². The largest absolute Gasteiger partial charge is 0.365 e. The van der Waals surface area contributed by atoms with Gasteiger partial charge in [-0.1, -0.05) is 45.0 Å². The molecular formula is C25H31N3O2. The average molecular weight is 406 g/mol. The molecule has 0 bridgehead atoms. The van der Waals surface area contributed by atoms with Gasteiger partial charge >= 0.3 is 0 Å². The van der Waals surface area contributed by atoms with E-state index in [4.69, 9.17) is 0 Å². The van der Waals surface area contributed by atoms with Crippen molar-refractivity contribution in [2.24, 2.45) is 5.41 Å². The molecule has 1 aliphatic carbocycles. The normalized spacial score (nSPS) is 16.3. The summed E-state index contributed by atoms with van der Waals surface area (Å²) in [6.07, 6.45) is 2.49. The molecule has 0 unspecified atom stereocenters. The lowest BCUT2D eigenvalue weighted by Gasteiger charge is -2.39. The highest BCUT2D eigenvalue weighted by Gasteiger charge is 2.36. The third-order valence-electron chi connectivity index (χ3n) is 5.93. The summed E-state index contributed by atoms with van der Waals surface area (Å²) in [5.41, 5.74) is 4.69. The SMILES string of the molecule is Cc1cccc2c1N(C1CC1)CCN2C(=O)c1ccc(CNC(=O)C(C)(C)C)cc1. The Balaban J connectivity index is 1.50. The van der Waals surface area contributed by atoms with Gasteiger partial charge in [0.1, 0.15) is 0 Å². The number of hydrogen-bond donors (Lipinski definition) is 1. The Bertz CT molecular complexity index is 955. The first-order valence-corrected chi connectivity index (χ1v) is 10.8. The predicted octanol–water partition coefficient (Wildman–Crippen LogP) is 4.29. The number of benzene rings is 2. The van der Waals surface area contributed by atoms with Gasteiger partial charge in [-0.25, -0.2) is 0 Å². The highest BCUT2D eigenvalue weighted by molar-refractivity contribution is 6.08. The van der Waals surface area contributed by atoms with Gasteiger partial charge in [-0.05, 0) is 49.1 Å². The quantitative estimate of drug-likeness (QED) is 0.826. The lowest BCUT2D eigenvalue weighted by molar-refractivity contribution is -0.128. The van der Waals surface area contributed by atoms with Crippen molar-refractivity contribution in [3.63, 3.8) is 0 Å². The fourth-order valence-corrected chi connectivity index (χ4v) is 4.01. The molecule has 2 aliphatic rings. The van der Waals surface area contributed by atoms with Crippen molar-refractivity contribution >= 4 is 23.2 Å². The molecule has 5 nitrogen and oxygen atoms in total. The number of carbonyl (C=O) groups is 2. The van der Waals surface area contributed by atoms with E-state index in [1.165, 1.54) is 24.1 Å². The average Bonchev–Trinajstić information content (AvgIpc) is 3.56. The van der Waals surface area contributed by atoms with E-state index < -0.39 is 5.41 Å². The van der Waals surface area contributed by atoms with E-state index in [2.05, 4.69) is 29.3 Å². The maximum absolute atomic E-state index is 13.3. The van der Waals surface area contributed by atoms with Gasteiger partial charge in [-0.3, -0.25) is 9.59 Å². The molecule has 1 heterocycles. The van der Waals surface area contributed by atoms with Crippen LogP contribution in [0, 0.1) is 12.3 Å². The van der Waals surface area contributed by atoms with Crippen molar-refractivity contribution in [3.8, 4) is 0 Å². The maximum Gasteiger partial charge on any atom is 0.258 e. The number of para-hydroxylation sites is 1. The number of fused-ring (bicyclic) bond motifs is 1. The second-order valence-corrected chi connectivity index (χ2v) is 9.45. The Morgan fingerprint density at radius 3 is 2.37 bits per heavy atom. The molecule has 158 valence electrons. The number of nitrogens with zero attached hydrogens (tertiary/aromatic N) is 2. The summed E-state index contributed by atoms with van der Waals surface area (Å²) in [5.74, 6) is 0.0470. The molecule has 0 spiro atoms. The summed E-state index contributed by atoms with van der Waals surface area (Å²) in [6.45, 7) is 9.86. The number of amides is 2. The maximum atomic E-state index is 13.3. The predicted molar refractivity (Wildman–Crippen MR) is 121 cm³/mol.